The highest BCUT2D eigenvalue weighted by Crippen LogP contribution is 2.16. The zero-order valence-corrected chi connectivity index (χ0v) is 9.36. The van der Waals surface area contributed by atoms with Gasteiger partial charge in [-0.05, 0) is 18.2 Å². The van der Waals surface area contributed by atoms with E-state index in [1.165, 1.54) is 24.4 Å². The number of rotatable bonds is 3. The highest BCUT2D eigenvalue weighted by atomic mass is 16.6. The van der Waals surface area contributed by atoms with Gasteiger partial charge in [-0.25, -0.2) is 4.98 Å². The Balaban J connectivity index is 2.11. The molecular formula is C11H6N4O4. The molecule has 0 aliphatic rings. The highest BCUT2D eigenvalue weighted by Gasteiger charge is 2.17. The third-order valence-electron chi connectivity index (χ3n) is 2.13. The number of hydrogen-bond acceptors (Lipinski definition) is 6. The molecule has 1 amide bonds. The van der Waals surface area contributed by atoms with Crippen LogP contribution in [0.15, 0.2) is 34.9 Å². The second kappa shape index (κ2) is 4.97. The van der Waals surface area contributed by atoms with Crippen LogP contribution in [0.4, 0.5) is 11.7 Å². The molecule has 8 nitrogen and oxygen atoms in total. The van der Waals surface area contributed by atoms with E-state index in [0.717, 1.165) is 6.07 Å². The van der Waals surface area contributed by atoms with Crippen LogP contribution in [0.25, 0.3) is 0 Å². The maximum atomic E-state index is 11.7. The lowest BCUT2D eigenvalue weighted by Crippen LogP contribution is -2.11. The van der Waals surface area contributed by atoms with Gasteiger partial charge in [-0.2, -0.15) is 5.26 Å². The normalized spacial score (nSPS) is 9.63. The molecule has 94 valence electrons. The molecule has 0 bridgehead atoms. The monoisotopic (exact) mass is 258 g/mol. The molecule has 0 saturated heterocycles. The number of anilines is 1. The Hall–Kier alpha value is -3.21. The largest absolute Gasteiger partial charge is 0.433 e. The number of hydrogen-bond donors (Lipinski definition) is 1. The van der Waals surface area contributed by atoms with Crippen molar-refractivity contribution < 1.29 is 14.1 Å². The summed E-state index contributed by atoms with van der Waals surface area (Å²) in [5.74, 6) is -1.16. The number of nitriles is 1. The Labute approximate surface area is 106 Å². The van der Waals surface area contributed by atoms with Gasteiger partial charge in [0.25, 0.3) is 5.91 Å². The number of nitro groups is 1. The van der Waals surface area contributed by atoms with Crippen LogP contribution in [0.1, 0.15) is 16.1 Å². The predicted octanol–water partition coefficient (Wildman–Crippen LogP) is 1.71. The molecule has 0 unspecified atom stereocenters. The summed E-state index contributed by atoms with van der Waals surface area (Å²) in [6.45, 7) is 0. The zero-order valence-electron chi connectivity index (χ0n) is 9.36. The van der Waals surface area contributed by atoms with E-state index in [0.29, 0.717) is 5.56 Å². The Morgan fingerprint density at radius 3 is 2.74 bits per heavy atom. The van der Waals surface area contributed by atoms with E-state index >= 15 is 0 Å². The fraction of sp³-hybridized carbons (Fsp3) is 0. The predicted molar refractivity (Wildman–Crippen MR) is 62.3 cm³/mol. The quantitative estimate of drug-likeness (QED) is 0.660. The molecule has 0 saturated carbocycles. The van der Waals surface area contributed by atoms with E-state index in [4.69, 9.17) is 9.68 Å². The van der Waals surface area contributed by atoms with Crippen molar-refractivity contribution in [3.63, 3.8) is 0 Å². The summed E-state index contributed by atoms with van der Waals surface area (Å²) in [6, 6.07) is 7.08. The minimum absolute atomic E-state index is 0.196. The van der Waals surface area contributed by atoms with Crippen LogP contribution in [0.5, 0.6) is 0 Å². The van der Waals surface area contributed by atoms with E-state index in [1.807, 2.05) is 6.07 Å². The van der Waals surface area contributed by atoms with Gasteiger partial charge in [0.1, 0.15) is 16.8 Å². The molecular weight excluding hydrogens is 252 g/mol. The highest BCUT2D eigenvalue weighted by molar-refractivity contribution is 6.01. The number of nitrogens with zero attached hydrogens (tertiary/aromatic N) is 3. The lowest BCUT2D eigenvalue weighted by Gasteiger charge is -2.00. The first kappa shape index (κ1) is 12.3. The van der Waals surface area contributed by atoms with Gasteiger partial charge in [0, 0.05) is 6.20 Å². The average Bonchev–Trinajstić information content (AvgIpc) is 2.89. The molecule has 0 atom stereocenters. The Kier molecular flexibility index (Phi) is 3.20. The van der Waals surface area contributed by atoms with Gasteiger partial charge in [-0.3, -0.25) is 14.9 Å². The van der Waals surface area contributed by atoms with Gasteiger partial charge in [0.2, 0.25) is 0 Å². The van der Waals surface area contributed by atoms with E-state index in [-0.39, 0.29) is 11.6 Å². The smallest absolute Gasteiger partial charge is 0.395 e. The van der Waals surface area contributed by atoms with E-state index < -0.39 is 16.7 Å². The molecule has 19 heavy (non-hydrogen) atoms. The zero-order chi connectivity index (χ0) is 13.8. The van der Waals surface area contributed by atoms with Gasteiger partial charge < -0.3 is 9.73 Å². The molecule has 0 fully saturated rings. The molecule has 0 radical (unpaired) electrons. The number of nitrogens with one attached hydrogen (secondary N) is 1. The van der Waals surface area contributed by atoms with Crippen molar-refractivity contribution in [1.82, 2.24) is 4.98 Å². The van der Waals surface area contributed by atoms with Crippen molar-refractivity contribution in [2.24, 2.45) is 0 Å². The second-order valence-electron chi connectivity index (χ2n) is 3.39. The number of pyridine rings is 1. The summed E-state index contributed by atoms with van der Waals surface area (Å²) in [7, 11) is 0. The number of aromatic nitrogens is 1. The summed E-state index contributed by atoms with van der Waals surface area (Å²) in [4.78, 5) is 25.2. The van der Waals surface area contributed by atoms with E-state index in [1.54, 1.807) is 0 Å². The van der Waals surface area contributed by atoms with Gasteiger partial charge >= 0.3 is 5.88 Å². The first-order valence-corrected chi connectivity index (χ1v) is 5.02. The van der Waals surface area contributed by atoms with Crippen molar-refractivity contribution >= 4 is 17.6 Å². The van der Waals surface area contributed by atoms with Crippen LogP contribution in [0.3, 0.4) is 0 Å². The number of carbonyl (C=O) groups excluding carboxylic acids is 1. The molecule has 0 aromatic carbocycles. The molecule has 2 heterocycles. The van der Waals surface area contributed by atoms with Crippen molar-refractivity contribution in [2.75, 3.05) is 5.32 Å². The second-order valence-corrected chi connectivity index (χ2v) is 3.39. The van der Waals surface area contributed by atoms with Crippen molar-refractivity contribution in [3.05, 3.63) is 51.9 Å². The van der Waals surface area contributed by atoms with Crippen molar-refractivity contribution in [1.29, 1.82) is 5.26 Å². The molecule has 0 aliphatic carbocycles. The average molecular weight is 258 g/mol. The minimum atomic E-state index is -0.739. The summed E-state index contributed by atoms with van der Waals surface area (Å²) >= 11 is 0. The number of amides is 1. The summed E-state index contributed by atoms with van der Waals surface area (Å²) in [5.41, 5.74) is 0.353. The fourth-order valence-electron chi connectivity index (χ4n) is 1.26. The van der Waals surface area contributed by atoms with E-state index in [9.17, 15) is 14.9 Å². The topological polar surface area (TPSA) is 122 Å². The van der Waals surface area contributed by atoms with Crippen LogP contribution in [-0.4, -0.2) is 15.8 Å². The summed E-state index contributed by atoms with van der Waals surface area (Å²) < 4.78 is 4.73. The molecule has 2 aromatic rings. The summed E-state index contributed by atoms with van der Waals surface area (Å²) in [6.07, 6.45) is 1.29. The first-order valence-electron chi connectivity index (χ1n) is 5.02. The Morgan fingerprint density at radius 1 is 1.42 bits per heavy atom. The van der Waals surface area contributed by atoms with Gasteiger partial charge in [-0.15, -0.1) is 0 Å². The van der Waals surface area contributed by atoms with Crippen LogP contribution in [0.2, 0.25) is 0 Å². The molecule has 1 N–H and O–H groups in total. The lowest BCUT2D eigenvalue weighted by atomic mass is 10.3. The van der Waals surface area contributed by atoms with E-state index in [2.05, 4.69) is 10.3 Å². The molecule has 2 aromatic heterocycles. The Morgan fingerprint density at radius 2 is 2.21 bits per heavy atom. The van der Waals surface area contributed by atoms with Gasteiger partial charge in [0.05, 0.1) is 11.6 Å². The van der Waals surface area contributed by atoms with Crippen LogP contribution in [-0.2, 0) is 0 Å². The molecule has 0 aliphatic heterocycles. The van der Waals surface area contributed by atoms with Crippen LogP contribution in [0, 0.1) is 21.4 Å². The maximum Gasteiger partial charge on any atom is 0.433 e. The third-order valence-corrected chi connectivity index (χ3v) is 2.13. The van der Waals surface area contributed by atoms with Crippen LogP contribution < -0.4 is 5.32 Å². The molecule has 8 heteroatoms. The summed E-state index contributed by atoms with van der Waals surface area (Å²) in [5, 5.41) is 21.4. The first-order chi connectivity index (χ1) is 9.10. The number of furan rings is 1. The third kappa shape index (κ3) is 2.73. The molecule has 0 spiro atoms. The maximum absolute atomic E-state index is 11.7. The number of carbonyl (C=O) groups is 1. The van der Waals surface area contributed by atoms with Crippen molar-refractivity contribution in [3.8, 4) is 6.07 Å². The SMILES string of the molecule is N#Cc1ccc(NC(=O)c2ccc([N+](=O)[O-])o2)nc1. The van der Waals surface area contributed by atoms with Gasteiger partial charge in [0.15, 0.2) is 5.76 Å². The Bertz CT molecular complexity index is 669. The fourth-order valence-corrected chi connectivity index (χ4v) is 1.26. The minimum Gasteiger partial charge on any atom is -0.395 e. The molecule has 2 rings (SSSR count). The van der Waals surface area contributed by atoms with Crippen LogP contribution >= 0.6 is 0 Å². The standard InChI is InChI=1S/C11H6N4O4/c12-5-7-1-3-9(13-6-7)14-11(16)8-2-4-10(19-8)15(17)18/h1-4,6H,(H,13,14,16). The van der Waals surface area contributed by atoms with Crippen molar-refractivity contribution in [2.45, 2.75) is 0 Å². The van der Waals surface area contributed by atoms with Gasteiger partial charge in [-0.1, -0.05) is 0 Å². The lowest BCUT2D eigenvalue weighted by molar-refractivity contribution is -0.402.